The predicted molar refractivity (Wildman–Crippen MR) is 111 cm³/mol. The first-order chi connectivity index (χ1) is 13.1. The van der Waals surface area contributed by atoms with Crippen LogP contribution in [0.25, 0.3) is 0 Å². The number of carbonyl (C=O) groups excluding carboxylic acids is 1. The number of amides is 1. The van der Waals surface area contributed by atoms with Gasteiger partial charge in [0, 0.05) is 5.69 Å². The molecule has 4 nitrogen and oxygen atoms in total. The molecule has 1 amide bonds. The largest absolute Gasteiger partial charge is 0.493 e. The minimum atomic E-state index is -0.171. The van der Waals surface area contributed by atoms with Crippen LogP contribution in [0, 0.1) is 5.92 Å². The molecule has 146 valence electrons. The molecule has 0 aliphatic heterocycles. The standard InChI is InChI=1S/C23H31NO3/c1-4-5-6-9-16-26-22-11-8-7-10-21(22)23(25)24-19-12-14-20(15-13-19)27-17-18(2)3/h7-8,10-15,18H,4-6,9,16-17H2,1-3H3,(H,24,25). The third kappa shape index (κ3) is 7.33. The zero-order valence-electron chi connectivity index (χ0n) is 16.7. The van der Waals surface area contributed by atoms with Gasteiger partial charge in [-0.25, -0.2) is 0 Å². The number of ether oxygens (including phenoxy) is 2. The highest BCUT2D eigenvalue weighted by Gasteiger charge is 2.12. The van der Waals surface area contributed by atoms with E-state index >= 15 is 0 Å². The Balaban J connectivity index is 1.93. The number of hydrogen-bond donors (Lipinski definition) is 1. The maximum absolute atomic E-state index is 12.6. The Hall–Kier alpha value is -2.49. The number of anilines is 1. The number of nitrogens with one attached hydrogen (secondary N) is 1. The molecule has 0 heterocycles. The molecule has 0 atom stereocenters. The first kappa shape index (κ1) is 20.8. The summed E-state index contributed by atoms with van der Waals surface area (Å²) in [5.41, 5.74) is 1.28. The van der Waals surface area contributed by atoms with E-state index in [1.54, 1.807) is 6.07 Å². The molecular formula is C23H31NO3. The van der Waals surface area contributed by atoms with Crippen LogP contribution in [-0.2, 0) is 0 Å². The zero-order valence-corrected chi connectivity index (χ0v) is 16.7. The summed E-state index contributed by atoms with van der Waals surface area (Å²) in [5.74, 6) is 1.73. The maximum Gasteiger partial charge on any atom is 0.259 e. The van der Waals surface area contributed by atoms with Crippen molar-refractivity contribution in [3.05, 3.63) is 54.1 Å². The lowest BCUT2D eigenvalue weighted by Gasteiger charge is -2.12. The second-order valence-corrected chi connectivity index (χ2v) is 7.09. The molecule has 0 spiro atoms. The van der Waals surface area contributed by atoms with E-state index in [4.69, 9.17) is 9.47 Å². The van der Waals surface area contributed by atoms with Crippen LogP contribution < -0.4 is 14.8 Å². The number of para-hydroxylation sites is 1. The predicted octanol–water partition coefficient (Wildman–Crippen LogP) is 5.93. The second-order valence-electron chi connectivity index (χ2n) is 7.09. The van der Waals surface area contributed by atoms with Crippen molar-refractivity contribution in [2.45, 2.75) is 46.5 Å². The molecule has 27 heavy (non-hydrogen) atoms. The molecule has 0 radical (unpaired) electrons. The van der Waals surface area contributed by atoms with Gasteiger partial charge in [-0.2, -0.15) is 0 Å². The van der Waals surface area contributed by atoms with Crippen molar-refractivity contribution < 1.29 is 14.3 Å². The lowest BCUT2D eigenvalue weighted by molar-refractivity contribution is 0.102. The lowest BCUT2D eigenvalue weighted by Crippen LogP contribution is -2.14. The van der Waals surface area contributed by atoms with Gasteiger partial charge in [0.15, 0.2) is 0 Å². The minimum absolute atomic E-state index is 0.171. The minimum Gasteiger partial charge on any atom is -0.493 e. The van der Waals surface area contributed by atoms with Gasteiger partial charge in [0.05, 0.1) is 18.8 Å². The molecular weight excluding hydrogens is 338 g/mol. The van der Waals surface area contributed by atoms with Gasteiger partial charge in [-0.1, -0.05) is 52.2 Å². The molecule has 0 saturated heterocycles. The summed E-state index contributed by atoms with van der Waals surface area (Å²) in [5, 5.41) is 2.93. The van der Waals surface area contributed by atoms with E-state index in [0.717, 1.165) is 24.3 Å². The van der Waals surface area contributed by atoms with Crippen molar-refractivity contribution in [2.75, 3.05) is 18.5 Å². The summed E-state index contributed by atoms with van der Waals surface area (Å²) >= 11 is 0. The molecule has 0 saturated carbocycles. The van der Waals surface area contributed by atoms with E-state index in [0.29, 0.717) is 30.4 Å². The molecule has 1 N–H and O–H groups in total. The van der Waals surface area contributed by atoms with Crippen LogP contribution in [0.1, 0.15) is 56.8 Å². The fraction of sp³-hybridized carbons (Fsp3) is 0.435. The Morgan fingerprint density at radius 3 is 2.41 bits per heavy atom. The average molecular weight is 370 g/mol. The van der Waals surface area contributed by atoms with E-state index in [1.807, 2.05) is 42.5 Å². The molecule has 2 rings (SSSR count). The van der Waals surface area contributed by atoms with Gasteiger partial charge >= 0.3 is 0 Å². The highest BCUT2D eigenvalue weighted by atomic mass is 16.5. The molecule has 0 fully saturated rings. The number of hydrogen-bond acceptors (Lipinski definition) is 3. The Morgan fingerprint density at radius 1 is 0.963 bits per heavy atom. The van der Waals surface area contributed by atoms with Crippen molar-refractivity contribution in [2.24, 2.45) is 5.92 Å². The van der Waals surface area contributed by atoms with Crippen molar-refractivity contribution in [1.29, 1.82) is 0 Å². The second kappa shape index (κ2) is 11.3. The highest BCUT2D eigenvalue weighted by Crippen LogP contribution is 2.22. The smallest absolute Gasteiger partial charge is 0.259 e. The van der Waals surface area contributed by atoms with E-state index in [-0.39, 0.29) is 5.91 Å². The van der Waals surface area contributed by atoms with Gasteiger partial charge in [-0.3, -0.25) is 4.79 Å². The van der Waals surface area contributed by atoms with Gasteiger partial charge in [0.2, 0.25) is 0 Å². The molecule has 4 heteroatoms. The molecule has 2 aromatic carbocycles. The summed E-state index contributed by atoms with van der Waals surface area (Å²) < 4.78 is 11.5. The van der Waals surface area contributed by atoms with Gasteiger partial charge in [0.1, 0.15) is 11.5 Å². The van der Waals surface area contributed by atoms with Crippen LogP contribution in [-0.4, -0.2) is 19.1 Å². The van der Waals surface area contributed by atoms with E-state index < -0.39 is 0 Å². The first-order valence-electron chi connectivity index (χ1n) is 9.86. The Bertz CT molecular complexity index is 695. The third-order valence-corrected chi connectivity index (χ3v) is 4.08. The Kier molecular flexibility index (Phi) is 8.69. The Morgan fingerprint density at radius 2 is 1.70 bits per heavy atom. The van der Waals surface area contributed by atoms with Crippen LogP contribution in [0.5, 0.6) is 11.5 Å². The van der Waals surface area contributed by atoms with E-state index in [2.05, 4.69) is 26.1 Å². The maximum atomic E-state index is 12.6. The average Bonchev–Trinajstić information content (AvgIpc) is 2.67. The number of carbonyl (C=O) groups is 1. The summed E-state index contributed by atoms with van der Waals surface area (Å²) in [7, 11) is 0. The quantitative estimate of drug-likeness (QED) is 0.499. The normalized spacial score (nSPS) is 10.7. The summed E-state index contributed by atoms with van der Waals surface area (Å²) in [6.45, 7) is 7.71. The third-order valence-electron chi connectivity index (χ3n) is 4.08. The molecule has 0 bridgehead atoms. The number of rotatable bonds is 11. The fourth-order valence-corrected chi connectivity index (χ4v) is 2.59. The van der Waals surface area contributed by atoms with E-state index in [9.17, 15) is 4.79 Å². The summed E-state index contributed by atoms with van der Waals surface area (Å²) in [6, 6.07) is 14.8. The molecule has 0 aliphatic carbocycles. The zero-order chi connectivity index (χ0) is 19.5. The SMILES string of the molecule is CCCCCCOc1ccccc1C(=O)Nc1ccc(OCC(C)C)cc1. The molecule has 0 unspecified atom stereocenters. The van der Waals surface area contributed by atoms with Crippen molar-refractivity contribution >= 4 is 11.6 Å². The monoisotopic (exact) mass is 369 g/mol. The molecule has 0 aromatic heterocycles. The number of unbranched alkanes of at least 4 members (excludes halogenated alkanes) is 3. The first-order valence-corrected chi connectivity index (χ1v) is 9.86. The molecule has 2 aromatic rings. The van der Waals surface area contributed by atoms with Crippen LogP contribution in [0.2, 0.25) is 0 Å². The number of benzene rings is 2. The van der Waals surface area contributed by atoms with Gasteiger partial charge in [-0.15, -0.1) is 0 Å². The summed E-state index contributed by atoms with van der Waals surface area (Å²) in [6.07, 6.45) is 4.56. The van der Waals surface area contributed by atoms with Crippen LogP contribution >= 0.6 is 0 Å². The van der Waals surface area contributed by atoms with Crippen molar-refractivity contribution in [1.82, 2.24) is 0 Å². The van der Waals surface area contributed by atoms with Crippen LogP contribution in [0.4, 0.5) is 5.69 Å². The van der Waals surface area contributed by atoms with Gasteiger partial charge < -0.3 is 14.8 Å². The fourth-order valence-electron chi connectivity index (χ4n) is 2.59. The summed E-state index contributed by atoms with van der Waals surface area (Å²) in [4.78, 5) is 12.6. The Labute approximate surface area is 162 Å². The van der Waals surface area contributed by atoms with Crippen LogP contribution in [0.15, 0.2) is 48.5 Å². The van der Waals surface area contributed by atoms with Crippen molar-refractivity contribution in [3.8, 4) is 11.5 Å². The lowest BCUT2D eigenvalue weighted by atomic mass is 10.1. The van der Waals surface area contributed by atoms with Gasteiger partial charge in [0.25, 0.3) is 5.91 Å². The van der Waals surface area contributed by atoms with Crippen molar-refractivity contribution in [3.63, 3.8) is 0 Å². The van der Waals surface area contributed by atoms with E-state index in [1.165, 1.54) is 12.8 Å². The molecule has 0 aliphatic rings. The van der Waals surface area contributed by atoms with Gasteiger partial charge in [-0.05, 0) is 48.7 Å². The highest BCUT2D eigenvalue weighted by molar-refractivity contribution is 6.06. The topological polar surface area (TPSA) is 47.6 Å². The van der Waals surface area contributed by atoms with Crippen LogP contribution in [0.3, 0.4) is 0 Å².